The molecule has 8 nitrogen and oxygen atoms in total. The van der Waals surface area contributed by atoms with E-state index >= 15 is 0 Å². The number of hydrogen-bond acceptors (Lipinski definition) is 5. The minimum atomic E-state index is -0.787. The number of pyridine rings is 1. The second kappa shape index (κ2) is 15.5. The third-order valence-corrected chi connectivity index (χ3v) is 7.37. The molecule has 1 aromatic heterocycles. The number of ether oxygens (including phenoxy) is 1. The van der Waals surface area contributed by atoms with Gasteiger partial charge in [0.1, 0.15) is 12.4 Å². The van der Waals surface area contributed by atoms with E-state index in [0.717, 1.165) is 41.5 Å². The fraction of sp³-hybridized carbons (Fsp3) is 0.222. The highest BCUT2D eigenvalue weighted by atomic mass is 16.5. The van der Waals surface area contributed by atoms with E-state index in [1.165, 1.54) is 11.6 Å². The van der Waals surface area contributed by atoms with Crippen LogP contribution < -0.4 is 26.2 Å². The van der Waals surface area contributed by atoms with Crippen LogP contribution in [0.1, 0.15) is 34.8 Å². The van der Waals surface area contributed by atoms with Gasteiger partial charge in [0.2, 0.25) is 5.56 Å². The van der Waals surface area contributed by atoms with Crippen LogP contribution in [0.5, 0.6) is 5.75 Å². The molecule has 5 aromatic rings. The standard InChI is InChI=1S/C36H38N4O4/c41-32(30-16-18-33(35-31(30)17-19-34(42)40-35)44-25-28-11-5-2-6-12-28)24-37-22-20-27-13-7-15-29(23-27)39-36(43)38-21-8-14-26-9-3-1-4-10-26/h1-7,9-13,15-19,23,32,37,41H,8,14,20-22,24-25H2,(H,40,42)(H2,38,39,43). The first-order valence-electron chi connectivity index (χ1n) is 14.9. The second-order valence-electron chi connectivity index (χ2n) is 10.7. The lowest BCUT2D eigenvalue weighted by Gasteiger charge is -2.17. The van der Waals surface area contributed by atoms with Crippen LogP contribution in [0.15, 0.2) is 114 Å². The molecule has 0 fully saturated rings. The van der Waals surface area contributed by atoms with Crippen LogP contribution in [0.25, 0.3) is 10.9 Å². The van der Waals surface area contributed by atoms with Gasteiger partial charge in [-0.3, -0.25) is 4.79 Å². The molecular weight excluding hydrogens is 552 g/mol. The van der Waals surface area contributed by atoms with Crippen molar-refractivity contribution in [2.45, 2.75) is 32.0 Å². The third-order valence-electron chi connectivity index (χ3n) is 7.37. The number of aliphatic hydroxyl groups excluding tert-OH is 1. The number of anilines is 1. The quantitative estimate of drug-likeness (QED) is 0.106. The fourth-order valence-corrected chi connectivity index (χ4v) is 5.09. The molecule has 8 heteroatoms. The molecule has 0 spiro atoms. The number of H-pyrrole nitrogens is 1. The van der Waals surface area contributed by atoms with Gasteiger partial charge in [0.15, 0.2) is 0 Å². The summed E-state index contributed by atoms with van der Waals surface area (Å²) in [5.41, 5.74) is 5.12. The van der Waals surface area contributed by atoms with Crippen molar-refractivity contribution in [3.05, 3.63) is 142 Å². The number of rotatable bonds is 14. The summed E-state index contributed by atoms with van der Waals surface area (Å²) in [6.45, 7) is 1.94. The zero-order valence-corrected chi connectivity index (χ0v) is 24.6. The molecule has 226 valence electrons. The number of nitrogens with one attached hydrogen (secondary N) is 4. The Balaban J connectivity index is 1.09. The summed E-state index contributed by atoms with van der Waals surface area (Å²) in [6.07, 6.45) is 1.73. The van der Waals surface area contributed by atoms with Crippen molar-refractivity contribution in [3.63, 3.8) is 0 Å². The summed E-state index contributed by atoms with van der Waals surface area (Å²) in [6, 6.07) is 34.4. The zero-order chi connectivity index (χ0) is 30.6. The molecule has 1 atom stereocenters. The van der Waals surface area contributed by atoms with Crippen molar-refractivity contribution in [1.82, 2.24) is 15.6 Å². The molecular formula is C36H38N4O4. The van der Waals surface area contributed by atoms with E-state index in [1.807, 2.05) is 78.9 Å². The number of fused-ring (bicyclic) bond motifs is 1. The van der Waals surface area contributed by atoms with Gasteiger partial charge in [-0.1, -0.05) is 78.9 Å². The lowest BCUT2D eigenvalue weighted by Crippen LogP contribution is -2.29. The van der Waals surface area contributed by atoms with E-state index < -0.39 is 6.10 Å². The molecule has 1 unspecified atom stereocenters. The highest BCUT2D eigenvalue weighted by Crippen LogP contribution is 2.30. The van der Waals surface area contributed by atoms with Crippen LogP contribution in [0.2, 0.25) is 0 Å². The minimum Gasteiger partial charge on any atom is -0.487 e. The first-order valence-corrected chi connectivity index (χ1v) is 14.9. The van der Waals surface area contributed by atoms with Gasteiger partial charge in [-0.2, -0.15) is 0 Å². The van der Waals surface area contributed by atoms with E-state index in [2.05, 4.69) is 33.1 Å². The van der Waals surface area contributed by atoms with Gasteiger partial charge in [0, 0.05) is 30.2 Å². The van der Waals surface area contributed by atoms with Crippen molar-refractivity contribution in [2.24, 2.45) is 0 Å². The number of aromatic amines is 1. The lowest BCUT2D eigenvalue weighted by molar-refractivity contribution is 0.176. The molecule has 0 aliphatic carbocycles. The van der Waals surface area contributed by atoms with Crippen LogP contribution in [0.4, 0.5) is 10.5 Å². The summed E-state index contributed by atoms with van der Waals surface area (Å²) >= 11 is 0. The van der Waals surface area contributed by atoms with Crippen molar-refractivity contribution < 1.29 is 14.6 Å². The molecule has 0 radical (unpaired) electrons. The molecule has 5 N–H and O–H groups in total. The topological polar surface area (TPSA) is 115 Å². The zero-order valence-electron chi connectivity index (χ0n) is 24.6. The number of aliphatic hydroxyl groups is 1. The van der Waals surface area contributed by atoms with Gasteiger partial charge in [-0.15, -0.1) is 0 Å². The summed E-state index contributed by atoms with van der Waals surface area (Å²) in [7, 11) is 0. The second-order valence-corrected chi connectivity index (χ2v) is 10.7. The van der Waals surface area contributed by atoms with E-state index in [-0.39, 0.29) is 11.6 Å². The molecule has 2 amide bonds. The van der Waals surface area contributed by atoms with E-state index in [0.29, 0.717) is 43.1 Å². The van der Waals surface area contributed by atoms with Crippen LogP contribution in [-0.4, -0.2) is 35.8 Å². The van der Waals surface area contributed by atoms with Gasteiger partial charge in [0.25, 0.3) is 0 Å². The Hall–Kier alpha value is -4.92. The summed E-state index contributed by atoms with van der Waals surface area (Å²) in [4.78, 5) is 27.3. The number of benzene rings is 4. The van der Waals surface area contributed by atoms with Crippen LogP contribution in [0, 0.1) is 0 Å². The molecule has 0 aliphatic rings. The van der Waals surface area contributed by atoms with Crippen LogP contribution in [-0.2, 0) is 19.4 Å². The fourth-order valence-electron chi connectivity index (χ4n) is 5.09. The maximum absolute atomic E-state index is 12.3. The Labute approximate surface area is 257 Å². The molecule has 5 rings (SSSR count). The SMILES string of the molecule is O=C(NCCCc1ccccc1)Nc1cccc(CCNCC(O)c2ccc(OCc3ccccc3)c3[nH]c(=O)ccc23)c1. The van der Waals surface area contributed by atoms with Gasteiger partial charge < -0.3 is 30.8 Å². The molecule has 0 saturated carbocycles. The van der Waals surface area contributed by atoms with Crippen molar-refractivity contribution in [2.75, 3.05) is 25.0 Å². The predicted molar refractivity (Wildman–Crippen MR) is 175 cm³/mol. The van der Waals surface area contributed by atoms with Crippen molar-refractivity contribution in [3.8, 4) is 5.75 Å². The number of carbonyl (C=O) groups excluding carboxylic acids is 1. The van der Waals surface area contributed by atoms with Gasteiger partial charge >= 0.3 is 6.03 Å². The summed E-state index contributed by atoms with van der Waals surface area (Å²) in [5.74, 6) is 0.555. The van der Waals surface area contributed by atoms with Crippen molar-refractivity contribution in [1.29, 1.82) is 0 Å². The van der Waals surface area contributed by atoms with Gasteiger partial charge in [-0.05, 0) is 72.3 Å². The maximum Gasteiger partial charge on any atom is 0.319 e. The summed E-state index contributed by atoms with van der Waals surface area (Å²) in [5, 5.41) is 20.9. The molecule has 44 heavy (non-hydrogen) atoms. The summed E-state index contributed by atoms with van der Waals surface area (Å²) < 4.78 is 6.02. The Morgan fingerprint density at radius 2 is 1.55 bits per heavy atom. The first-order chi connectivity index (χ1) is 21.5. The van der Waals surface area contributed by atoms with Crippen LogP contribution in [0.3, 0.4) is 0 Å². The lowest BCUT2D eigenvalue weighted by atomic mass is 10.0. The van der Waals surface area contributed by atoms with Gasteiger partial charge in [-0.25, -0.2) is 4.79 Å². The van der Waals surface area contributed by atoms with E-state index in [4.69, 9.17) is 4.74 Å². The number of aryl methyl sites for hydroxylation is 1. The molecule has 0 saturated heterocycles. The predicted octanol–water partition coefficient (Wildman–Crippen LogP) is 5.73. The normalized spacial score (nSPS) is 11.7. The number of aromatic nitrogens is 1. The first kappa shape index (κ1) is 30.5. The van der Waals surface area contributed by atoms with E-state index in [9.17, 15) is 14.7 Å². The monoisotopic (exact) mass is 590 g/mol. The Morgan fingerprint density at radius 1 is 0.795 bits per heavy atom. The number of amides is 2. The van der Waals surface area contributed by atoms with Gasteiger partial charge in [0.05, 0.1) is 11.6 Å². The Morgan fingerprint density at radius 3 is 2.34 bits per heavy atom. The molecule has 4 aromatic carbocycles. The van der Waals surface area contributed by atoms with Crippen LogP contribution >= 0.6 is 0 Å². The highest BCUT2D eigenvalue weighted by molar-refractivity contribution is 5.89. The van der Waals surface area contributed by atoms with E-state index in [1.54, 1.807) is 12.1 Å². The Bertz CT molecular complexity index is 1710. The third kappa shape index (κ3) is 8.80. The number of hydrogen-bond donors (Lipinski definition) is 5. The number of urea groups is 1. The van der Waals surface area contributed by atoms with Crippen molar-refractivity contribution >= 4 is 22.6 Å². The average Bonchev–Trinajstić information content (AvgIpc) is 3.05. The molecule has 0 bridgehead atoms. The molecule has 0 aliphatic heterocycles. The molecule has 1 heterocycles. The average molecular weight is 591 g/mol. The highest BCUT2D eigenvalue weighted by Gasteiger charge is 2.15. The number of carbonyl (C=O) groups is 1. The smallest absolute Gasteiger partial charge is 0.319 e. The Kier molecular flexibility index (Phi) is 10.8. The largest absolute Gasteiger partial charge is 0.487 e. The maximum atomic E-state index is 12.3. The minimum absolute atomic E-state index is 0.221.